The van der Waals surface area contributed by atoms with E-state index in [1.165, 1.54) is 6.42 Å². The molecule has 0 aromatic rings. The quantitative estimate of drug-likeness (QED) is 0.693. The van der Waals surface area contributed by atoms with Crippen molar-refractivity contribution in [1.82, 2.24) is 9.80 Å². The van der Waals surface area contributed by atoms with Gasteiger partial charge in [-0.25, -0.2) is 4.79 Å². The van der Waals surface area contributed by atoms with Gasteiger partial charge in [0.15, 0.2) is 0 Å². The zero-order valence-electron chi connectivity index (χ0n) is 11.4. The van der Waals surface area contributed by atoms with Crippen molar-refractivity contribution >= 4 is 6.09 Å². The molecule has 0 aromatic heterocycles. The van der Waals surface area contributed by atoms with E-state index in [4.69, 9.17) is 4.74 Å². The lowest BCUT2D eigenvalue weighted by Gasteiger charge is -2.31. The summed E-state index contributed by atoms with van der Waals surface area (Å²) in [6, 6.07) is 0. The van der Waals surface area contributed by atoms with E-state index in [-0.39, 0.29) is 6.09 Å². The van der Waals surface area contributed by atoms with Crippen LogP contribution in [0.25, 0.3) is 0 Å². The van der Waals surface area contributed by atoms with E-state index in [0.29, 0.717) is 6.61 Å². The van der Waals surface area contributed by atoms with Crippen molar-refractivity contribution in [2.75, 3.05) is 39.8 Å². The van der Waals surface area contributed by atoms with Crippen LogP contribution in [0, 0.1) is 5.92 Å². The van der Waals surface area contributed by atoms with Gasteiger partial charge >= 0.3 is 6.09 Å². The summed E-state index contributed by atoms with van der Waals surface area (Å²) in [4.78, 5) is 15.7. The van der Waals surface area contributed by atoms with E-state index >= 15 is 0 Å². The van der Waals surface area contributed by atoms with Gasteiger partial charge in [0.1, 0.15) is 0 Å². The van der Waals surface area contributed by atoms with Crippen LogP contribution in [0.4, 0.5) is 4.79 Å². The molecule has 0 bridgehead atoms. The number of unbranched alkanes of at least 4 members (excludes halogenated alkanes) is 1. The van der Waals surface area contributed by atoms with Gasteiger partial charge in [-0.05, 0) is 25.8 Å². The highest BCUT2D eigenvalue weighted by molar-refractivity contribution is 5.67. The minimum atomic E-state index is -0.136. The maximum absolute atomic E-state index is 11.7. The van der Waals surface area contributed by atoms with Gasteiger partial charge in [-0.1, -0.05) is 20.3 Å². The zero-order valence-corrected chi connectivity index (χ0v) is 11.4. The van der Waals surface area contributed by atoms with Gasteiger partial charge in [0, 0.05) is 26.2 Å². The molecular weight excluding hydrogens is 216 g/mol. The Bertz CT molecular complexity index is 223. The van der Waals surface area contributed by atoms with Gasteiger partial charge in [0.2, 0.25) is 0 Å². The van der Waals surface area contributed by atoms with Crippen LogP contribution in [0.15, 0.2) is 0 Å². The van der Waals surface area contributed by atoms with Crippen molar-refractivity contribution in [3.63, 3.8) is 0 Å². The van der Waals surface area contributed by atoms with E-state index in [9.17, 15) is 4.79 Å². The number of amides is 1. The van der Waals surface area contributed by atoms with Gasteiger partial charge in [-0.3, -0.25) is 0 Å². The lowest BCUT2D eigenvalue weighted by atomic mass is 10.1. The molecule has 17 heavy (non-hydrogen) atoms. The van der Waals surface area contributed by atoms with Crippen LogP contribution in [0.3, 0.4) is 0 Å². The minimum Gasteiger partial charge on any atom is -0.449 e. The Labute approximate surface area is 105 Å². The highest BCUT2D eigenvalue weighted by Gasteiger charge is 2.19. The van der Waals surface area contributed by atoms with Crippen LogP contribution in [0.2, 0.25) is 0 Å². The summed E-state index contributed by atoms with van der Waals surface area (Å²) >= 11 is 0. The highest BCUT2D eigenvalue weighted by atomic mass is 16.6. The molecular formula is C13H26N2O2. The predicted molar refractivity (Wildman–Crippen MR) is 69.1 cm³/mol. The predicted octanol–water partition coefficient (Wildman–Crippen LogP) is 2.20. The van der Waals surface area contributed by atoms with Crippen LogP contribution in [-0.4, -0.2) is 55.7 Å². The topological polar surface area (TPSA) is 32.8 Å². The second-order valence-corrected chi connectivity index (χ2v) is 5.29. The molecule has 0 N–H and O–H groups in total. The second-order valence-electron chi connectivity index (χ2n) is 5.29. The summed E-state index contributed by atoms with van der Waals surface area (Å²) < 4.78 is 5.27. The summed E-state index contributed by atoms with van der Waals surface area (Å²) in [6.07, 6.45) is 3.21. The summed E-state index contributed by atoms with van der Waals surface area (Å²) in [5, 5.41) is 0. The van der Waals surface area contributed by atoms with Crippen molar-refractivity contribution in [3.05, 3.63) is 0 Å². The number of carbonyl (C=O) groups excluding carboxylic acids is 1. The first kappa shape index (κ1) is 14.3. The molecule has 0 unspecified atom stereocenters. The molecule has 1 saturated heterocycles. The van der Waals surface area contributed by atoms with Gasteiger partial charge in [0.25, 0.3) is 0 Å². The molecule has 100 valence electrons. The lowest BCUT2D eigenvalue weighted by Crippen LogP contribution is -2.47. The van der Waals surface area contributed by atoms with Crippen LogP contribution >= 0.6 is 0 Å². The standard InChI is InChI=1S/C13H26N2O2/c1-12(2)6-4-5-11-17-13(16)15-9-7-14(3)8-10-15/h12H,4-11H2,1-3H3. The SMILES string of the molecule is CC(C)CCCCOC(=O)N1CCN(C)CC1. The van der Waals surface area contributed by atoms with Crippen molar-refractivity contribution < 1.29 is 9.53 Å². The summed E-state index contributed by atoms with van der Waals surface area (Å²) in [5.74, 6) is 0.739. The third-order valence-electron chi connectivity index (χ3n) is 3.16. The van der Waals surface area contributed by atoms with Gasteiger partial charge in [-0.2, -0.15) is 0 Å². The van der Waals surface area contributed by atoms with Gasteiger partial charge in [0.05, 0.1) is 6.61 Å². The molecule has 1 amide bonds. The fraction of sp³-hybridized carbons (Fsp3) is 0.923. The Hall–Kier alpha value is -0.770. The van der Waals surface area contributed by atoms with E-state index in [1.807, 2.05) is 4.90 Å². The maximum Gasteiger partial charge on any atom is 0.409 e. The molecule has 0 atom stereocenters. The number of carbonyl (C=O) groups is 1. The van der Waals surface area contributed by atoms with Crippen molar-refractivity contribution in [2.24, 2.45) is 5.92 Å². The van der Waals surface area contributed by atoms with E-state index in [2.05, 4.69) is 25.8 Å². The maximum atomic E-state index is 11.7. The fourth-order valence-corrected chi connectivity index (χ4v) is 1.89. The number of ether oxygens (including phenoxy) is 1. The van der Waals surface area contributed by atoms with E-state index in [0.717, 1.165) is 44.9 Å². The lowest BCUT2D eigenvalue weighted by molar-refractivity contribution is 0.0804. The minimum absolute atomic E-state index is 0.136. The van der Waals surface area contributed by atoms with Crippen LogP contribution in [-0.2, 0) is 4.74 Å². The molecule has 1 aliphatic heterocycles. The molecule has 0 spiro atoms. The number of rotatable bonds is 5. The molecule has 4 nitrogen and oxygen atoms in total. The van der Waals surface area contributed by atoms with E-state index in [1.54, 1.807) is 0 Å². The molecule has 0 aliphatic carbocycles. The number of hydrogen-bond donors (Lipinski definition) is 0. The molecule has 4 heteroatoms. The smallest absolute Gasteiger partial charge is 0.409 e. The Morgan fingerprint density at radius 2 is 1.82 bits per heavy atom. The third kappa shape index (κ3) is 5.91. The Kier molecular flexibility index (Phi) is 6.34. The monoisotopic (exact) mass is 242 g/mol. The van der Waals surface area contributed by atoms with Crippen LogP contribution < -0.4 is 0 Å². The largest absolute Gasteiger partial charge is 0.449 e. The average molecular weight is 242 g/mol. The Balaban J connectivity index is 2.05. The second kappa shape index (κ2) is 7.54. The summed E-state index contributed by atoms with van der Waals surface area (Å²) in [6.45, 7) is 8.48. The first-order chi connectivity index (χ1) is 8.09. The first-order valence-corrected chi connectivity index (χ1v) is 6.70. The molecule has 0 saturated carbocycles. The molecule has 1 aliphatic rings. The van der Waals surface area contributed by atoms with Crippen molar-refractivity contribution in [1.29, 1.82) is 0 Å². The van der Waals surface area contributed by atoms with E-state index < -0.39 is 0 Å². The van der Waals surface area contributed by atoms with Gasteiger partial charge in [-0.15, -0.1) is 0 Å². The summed E-state index contributed by atoms with van der Waals surface area (Å²) in [7, 11) is 2.08. The molecule has 0 aromatic carbocycles. The zero-order chi connectivity index (χ0) is 12.7. The van der Waals surface area contributed by atoms with Crippen LogP contribution in [0.1, 0.15) is 33.1 Å². The number of likely N-dealkylation sites (N-methyl/N-ethyl adjacent to an activating group) is 1. The molecule has 1 rings (SSSR count). The number of piperazine rings is 1. The average Bonchev–Trinajstić information content (AvgIpc) is 2.29. The van der Waals surface area contributed by atoms with Crippen molar-refractivity contribution in [2.45, 2.75) is 33.1 Å². The normalized spacial score (nSPS) is 17.5. The highest BCUT2D eigenvalue weighted by Crippen LogP contribution is 2.07. The van der Waals surface area contributed by atoms with Gasteiger partial charge < -0.3 is 14.5 Å². The molecule has 1 heterocycles. The summed E-state index contributed by atoms with van der Waals surface area (Å²) in [5.41, 5.74) is 0. The Morgan fingerprint density at radius 3 is 2.41 bits per heavy atom. The van der Waals surface area contributed by atoms with Crippen LogP contribution in [0.5, 0.6) is 0 Å². The first-order valence-electron chi connectivity index (χ1n) is 6.70. The molecule has 0 radical (unpaired) electrons. The van der Waals surface area contributed by atoms with Crippen molar-refractivity contribution in [3.8, 4) is 0 Å². The number of hydrogen-bond acceptors (Lipinski definition) is 3. The Morgan fingerprint density at radius 1 is 1.18 bits per heavy atom. The molecule has 1 fully saturated rings. The third-order valence-corrected chi connectivity index (χ3v) is 3.16. The number of nitrogens with zero attached hydrogens (tertiary/aromatic N) is 2. The fourth-order valence-electron chi connectivity index (χ4n) is 1.89.